The monoisotopic (exact) mass is 519 g/mol. The van der Waals surface area contributed by atoms with Crippen molar-refractivity contribution in [1.29, 1.82) is 0 Å². The number of imidazole rings is 1. The van der Waals surface area contributed by atoms with Gasteiger partial charge in [-0.2, -0.15) is 0 Å². The van der Waals surface area contributed by atoms with Crippen LogP contribution in [-0.4, -0.2) is 64.8 Å². The molecule has 0 amide bonds. The quantitative estimate of drug-likeness (QED) is 0.344. The lowest BCUT2D eigenvalue weighted by atomic mass is 9.97. The molecular formula is C22H23ClFN7O5. The van der Waals surface area contributed by atoms with Gasteiger partial charge < -0.3 is 29.4 Å². The Bertz CT molecular complexity index is 1390. The number of hydrogen-bond donors (Lipinski definition) is 3. The maximum absolute atomic E-state index is 14.3. The zero-order valence-corrected chi connectivity index (χ0v) is 20.2. The van der Waals surface area contributed by atoms with E-state index in [1.54, 1.807) is 0 Å². The summed E-state index contributed by atoms with van der Waals surface area (Å²) in [5.41, 5.74) is 0.360. The van der Waals surface area contributed by atoms with Gasteiger partial charge in [-0.25, -0.2) is 19.3 Å². The van der Waals surface area contributed by atoms with Gasteiger partial charge in [0, 0.05) is 10.4 Å². The van der Waals surface area contributed by atoms with Gasteiger partial charge in [-0.1, -0.05) is 37.5 Å². The van der Waals surface area contributed by atoms with Crippen LogP contribution in [0.2, 0.25) is 5.02 Å². The largest absolute Gasteiger partial charge is 0.440 e. The van der Waals surface area contributed by atoms with E-state index in [1.807, 2.05) is 20.8 Å². The van der Waals surface area contributed by atoms with Gasteiger partial charge in [0.2, 0.25) is 5.89 Å². The average molecular weight is 520 g/mol. The number of anilines is 2. The average Bonchev–Trinajstić information content (AvgIpc) is 3.54. The highest BCUT2D eigenvalue weighted by molar-refractivity contribution is 6.30. The molecule has 14 heteroatoms. The number of hydrogen-bond acceptors (Lipinski definition) is 11. The van der Waals surface area contributed by atoms with Gasteiger partial charge in [-0.05, 0) is 18.2 Å². The van der Waals surface area contributed by atoms with Crippen LogP contribution in [0, 0.1) is 5.82 Å². The van der Waals surface area contributed by atoms with Crippen LogP contribution < -0.4 is 10.1 Å². The van der Waals surface area contributed by atoms with Gasteiger partial charge in [0.25, 0.3) is 0 Å². The van der Waals surface area contributed by atoms with E-state index in [9.17, 15) is 14.6 Å². The van der Waals surface area contributed by atoms with E-state index in [0.29, 0.717) is 17.1 Å². The number of aliphatic hydroxyl groups is 2. The summed E-state index contributed by atoms with van der Waals surface area (Å²) in [5, 5.41) is 31.9. The zero-order valence-electron chi connectivity index (χ0n) is 19.5. The molecule has 3 N–H and O–H groups in total. The molecule has 36 heavy (non-hydrogen) atoms. The van der Waals surface area contributed by atoms with Crippen molar-refractivity contribution in [3.63, 3.8) is 0 Å². The molecule has 5 rings (SSSR count). The van der Waals surface area contributed by atoms with E-state index in [2.05, 4.69) is 30.5 Å². The normalized spacial score (nSPS) is 22.3. The van der Waals surface area contributed by atoms with Gasteiger partial charge in [-0.3, -0.25) is 4.57 Å². The van der Waals surface area contributed by atoms with E-state index in [0.717, 1.165) is 0 Å². The Morgan fingerprint density at radius 2 is 2.03 bits per heavy atom. The van der Waals surface area contributed by atoms with Gasteiger partial charge in [-0.15, -0.1) is 5.10 Å². The van der Waals surface area contributed by atoms with Crippen molar-refractivity contribution >= 4 is 34.3 Å². The molecule has 0 spiro atoms. The number of rotatable bonds is 6. The topological polar surface area (TPSA) is 153 Å². The minimum absolute atomic E-state index is 0.147. The first-order chi connectivity index (χ1) is 17.2. The second-order valence-electron chi connectivity index (χ2n) is 9.24. The van der Waals surface area contributed by atoms with Gasteiger partial charge >= 0.3 is 6.08 Å². The summed E-state index contributed by atoms with van der Waals surface area (Å²) in [6.45, 7) is 5.27. The van der Waals surface area contributed by atoms with Crippen molar-refractivity contribution in [3.05, 3.63) is 47.6 Å². The molecule has 0 saturated carbocycles. The Balaban J connectivity index is 1.41. The molecule has 0 radical (unpaired) electrons. The van der Waals surface area contributed by atoms with Crippen LogP contribution in [0.25, 0.3) is 11.2 Å². The summed E-state index contributed by atoms with van der Waals surface area (Å²) < 4.78 is 32.9. The lowest BCUT2D eigenvalue weighted by Gasteiger charge is -2.18. The van der Waals surface area contributed by atoms with E-state index in [1.165, 1.54) is 35.4 Å². The summed E-state index contributed by atoms with van der Waals surface area (Å²) in [6.07, 6.45) is -1.69. The lowest BCUT2D eigenvalue weighted by Crippen LogP contribution is -2.38. The molecule has 0 bridgehead atoms. The molecular weight excluding hydrogens is 497 g/mol. The number of aromatic nitrogens is 6. The molecule has 4 aromatic rings. The molecule has 1 aromatic carbocycles. The molecule has 190 valence electrons. The molecule has 3 aromatic heterocycles. The molecule has 4 heterocycles. The minimum Gasteiger partial charge on any atom is -0.440 e. The first-order valence-corrected chi connectivity index (χ1v) is 11.4. The molecule has 4 atom stereocenters. The van der Waals surface area contributed by atoms with Gasteiger partial charge in [0.1, 0.15) is 24.4 Å². The third-order valence-corrected chi connectivity index (χ3v) is 5.83. The third kappa shape index (κ3) is 4.46. The van der Waals surface area contributed by atoms with Crippen LogP contribution in [0.1, 0.15) is 32.9 Å². The second kappa shape index (κ2) is 9.24. The summed E-state index contributed by atoms with van der Waals surface area (Å²) in [7, 11) is 0. The van der Waals surface area contributed by atoms with Crippen LogP contribution in [-0.2, 0) is 10.2 Å². The Morgan fingerprint density at radius 3 is 2.72 bits per heavy atom. The number of fused-ring (bicyclic) bond motifs is 1. The fraction of sp³-hybridized carbons (Fsp3) is 0.409. The highest BCUT2D eigenvalue weighted by atomic mass is 35.5. The Labute approximate surface area is 209 Å². The summed E-state index contributed by atoms with van der Waals surface area (Å²) >= 11 is 5.82. The standard InChI is InChI=1S/C22H23ClFN7O5/c1-22(2,3)20-29-30-21(36-20)35-16-13(7-32)34-19(15(16)33)31-9-27-14-17(25-8-26-18(14)31)28-12-5-4-10(23)6-11(12)24/h4-6,8-9,13,15-16,19,32-33H,7H2,1-3H3,(H,25,26,28)/t13-,15-,16-,19-/m1/s1. The second-order valence-corrected chi connectivity index (χ2v) is 9.68. The number of ether oxygens (including phenoxy) is 2. The zero-order chi connectivity index (χ0) is 25.6. The molecule has 1 fully saturated rings. The number of aliphatic hydroxyl groups excluding tert-OH is 2. The molecule has 0 unspecified atom stereocenters. The predicted octanol–water partition coefficient (Wildman–Crippen LogP) is 2.74. The van der Waals surface area contributed by atoms with Crippen LogP contribution in [0.15, 0.2) is 35.3 Å². The third-order valence-electron chi connectivity index (χ3n) is 5.59. The summed E-state index contributed by atoms with van der Waals surface area (Å²) in [5.74, 6) is 0.0293. The van der Waals surface area contributed by atoms with Crippen LogP contribution in [0.4, 0.5) is 15.9 Å². The maximum atomic E-state index is 14.3. The van der Waals surface area contributed by atoms with Crippen molar-refractivity contribution in [3.8, 4) is 6.08 Å². The highest BCUT2D eigenvalue weighted by Crippen LogP contribution is 2.35. The van der Waals surface area contributed by atoms with E-state index < -0.39 is 42.4 Å². The van der Waals surface area contributed by atoms with Crippen LogP contribution in [0.3, 0.4) is 0 Å². The molecule has 0 aliphatic carbocycles. The summed E-state index contributed by atoms with van der Waals surface area (Å²) in [4.78, 5) is 12.7. The molecule has 12 nitrogen and oxygen atoms in total. The van der Waals surface area contributed by atoms with Crippen molar-refractivity contribution in [1.82, 2.24) is 29.7 Å². The Morgan fingerprint density at radius 1 is 1.22 bits per heavy atom. The van der Waals surface area contributed by atoms with Crippen LogP contribution >= 0.6 is 11.6 Å². The fourth-order valence-electron chi connectivity index (χ4n) is 3.77. The number of halogens is 2. The van der Waals surface area contributed by atoms with Crippen molar-refractivity contribution in [2.24, 2.45) is 0 Å². The van der Waals surface area contributed by atoms with E-state index in [-0.39, 0.29) is 22.6 Å². The van der Waals surface area contributed by atoms with Crippen molar-refractivity contribution < 1.29 is 28.5 Å². The summed E-state index contributed by atoms with van der Waals surface area (Å²) in [6, 6.07) is 4.19. The SMILES string of the molecule is CC(C)(C)c1nnc(O[C@H]2[C@@H](O)[C@H](n3cnc4c(Nc5ccc(Cl)cc5F)ncnc43)O[C@@H]2CO)o1. The van der Waals surface area contributed by atoms with Gasteiger partial charge in [0.05, 0.1) is 18.6 Å². The van der Waals surface area contributed by atoms with E-state index in [4.69, 9.17) is 25.5 Å². The van der Waals surface area contributed by atoms with E-state index >= 15 is 0 Å². The first-order valence-electron chi connectivity index (χ1n) is 11.0. The highest BCUT2D eigenvalue weighted by Gasteiger charge is 2.47. The van der Waals surface area contributed by atoms with Crippen LogP contribution in [0.5, 0.6) is 6.08 Å². The number of benzene rings is 1. The Hall–Kier alpha value is -3.39. The maximum Gasteiger partial charge on any atom is 0.415 e. The number of nitrogens with zero attached hydrogens (tertiary/aromatic N) is 6. The first kappa shape index (κ1) is 24.3. The molecule has 1 saturated heterocycles. The Kier molecular flexibility index (Phi) is 6.24. The number of nitrogens with one attached hydrogen (secondary N) is 1. The van der Waals surface area contributed by atoms with Crippen molar-refractivity contribution in [2.75, 3.05) is 11.9 Å². The lowest BCUT2D eigenvalue weighted by molar-refractivity contribution is -0.0509. The molecule has 1 aliphatic heterocycles. The minimum atomic E-state index is -1.26. The molecule has 1 aliphatic rings. The van der Waals surface area contributed by atoms with Crippen molar-refractivity contribution in [2.45, 2.75) is 50.7 Å². The van der Waals surface area contributed by atoms with Gasteiger partial charge in [0.15, 0.2) is 29.3 Å². The smallest absolute Gasteiger partial charge is 0.415 e. The predicted molar refractivity (Wildman–Crippen MR) is 124 cm³/mol. The fourth-order valence-corrected chi connectivity index (χ4v) is 3.93.